The molecule has 3 aromatic rings. The Morgan fingerprint density at radius 2 is 1.78 bits per heavy atom. The Balaban J connectivity index is 1.21. The number of aryl methyl sites for hydroxylation is 1. The summed E-state index contributed by atoms with van der Waals surface area (Å²) in [6.07, 6.45) is 7.14. The van der Waals surface area contributed by atoms with Gasteiger partial charge in [0.1, 0.15) is 17.2 Å². The van der Waals surface area contributed by atoms with Gasteiger partial charge in [0.25, 0.3) is 0 Å². The van der Waals surface area contributed by atoms with Crippen LogP contribution in [0.15, 0.2) is 83.0 Å². The van der Waals surface area contributed by atoms with Gasteiger partial charge in [-0.3, -0.25) is 4.79 Å². The third kappa shape index (κ3) is 5.24. The fraction of sp³-hybridized carbons (Fsp3) is 0.267. The maximum atomic E-state index is 12.8. The average Bonchev–Trinajstić information content (AvgIpc) is 3.45. The molecule has 36 heavy (non-hydrogen) atoms. The topological polar surface area (TPSA) is 75.6 Å². The molecule has 0 aliphatic heterocycles. The molecule has 0 aromatic heterocycles. The lowest BCUT2D eigenvalue weighted by molar-refractivity contribution is -0.134. The summed E-state index contributed by atoms with van der Waals surface area (Å²) in [6, 6.07) is 23.3. The van der Waals surface area contributed by atoms with Gasteiger partial charge in [0.15, 0.2) is 0 Å². The fourth-order valence-electron chi connectivity index (χ4n) is 5.72. The Morgan fingerprint density at radius 1 is 1.03 bits per heavy atom. The molecule has 0 radical (unpaired) electrons. The van der Waals surface area contributed by atoms with Crippen LogP contribution in [-0.4, -0.2) is 17.0 Å². The number of carbonyl (C=O) groups excluding carboxylic acids is 1. The highest BCUT2D eigenvalue weighted by molar-refractivity contribution is 9.10. The Hall–Kier alpha value is -3.38. The number of para-hydroxylation sites is 1. The molecule has 1 amide bonds. The average molecular weight is 546 g/mol. The van der Waals surface area contributed by atoms with Crippen LogP contribution >= 0.6 is 15.9 Å². The summed E-state index contributed by atoms with van der Waals surface area (Å²) < 4.78 is 6.71. The Labute approximate surface area is 219 Å². The molecule has 5 rings (SSSR count). The van der Waals surface area contributed by atoms with E-state index < -0.39 is 5.97 Å². The molecule has 2 N–H and O–H groups in total. The number of carboxylic acids is 1. The van der Waals surface area contributed by atoms with Crippen molar-refractivity contribution in [2.75, 3.05) is 0 Å². The van der Waals surface area contributed by atoms with E-state index in [1.807, 2.05) is 24.3 Å². The molecule has 5 nitrogen and oxygen atoms in total. The van der Waals surface area contributed by atoms with Crippen LogP contribution in [0.1, 0.15) is 48.8 Å². The van der Waals surface area contributed by atoms with E-state index in [1.165, 1.54) is 17.2 Å². The summed E-state index contributed by atoms with van der Waals surface area (Å²) in [6.45, 7) is 0. The van der Waals surface area contributed by atoms with Crippen molar-refractivity contribution in [3.63, 3.8) is 0 Å². The lowest BCUT2D eigenvalue weighted by Gasteiger charge is -2.25. The van der Waals surface area contributed by atoms with Gasteiger partial charge in [-0.25, -0.2) is 4.79 Å². The molecule has 3 aromatic carbocycles. The van der Waals surface area contributed by atoms with Gasteiger partial charge in [0.2, 0.25) is 5.91 Å². The predicted octanol–water partition coefficient (Wildman–Crippen LogP) is 6.86. The van der Waals surface area contributed by atoms with Gasteiger partial charge in [0, 0.05) is 6.42 Å². The van der Waals surface area contributed by atoms with Crippen molar-refractivity contribution in [2.24, 2.45) is 5.92 Å². The van der Waals surface area contributed by atoms with Gasteiger partial charge in [-0.15, -0.1) is 0 Å². The first-order valence-corrected chi connectivity index (χ1v) is 13.1. The molecule has 1 saturated carbocycles. The monoisotopic (exact) mass is 545 g/mol. The number of fused-ring (bicyclic) bond motifs is 2. The van der Waals surface area contributed by atoms with E-state index in [2.05, 4.69) is 45.5 Å². The Kier molecular flexibility index (Phi) is 6.97. The summed E-state index contributed by atoms with van der Waals surface area (Å²) >= 11 is 3.46. The van der Waals surface area contributed by atoms with Gasteiger partial charge in [-0.1, -0.05) is 48.5 Å². The molecule has 2 aliphatic carbocycles. The zero-order valence-electron chi connectivity index (χ0n) is 19.9. The summed E-state index contributed by atoms with van der Waals surface area (Å²) in [4.78, 5) is 24.7. The maximum absolute atomic E-state index is 12.8. The number of amides is 1. The van der Waals surface area contributed by atoms with E-state index in [9.17, 15) is 14.7 Å². The standard InChI is InChI=1S/C30H28BrNO4/c31-25-7-3-4-8-27(25)36-23-11-9-20(10-12-23)17-26(29(34)35)32-28(33)18-21-13-15-30(19-21)16-14-22-5-1-2-6-24(22)30/h1-12,17,21H,13-16,18-19H2,(H,32,33)(H,34,35)/b26-17+. The quantitative estimate of drug-likeness (QED) is 0.318. The summed E-state index contributed by atoms with van der Waals surface area (Å²) in [7, 11) is 0. The maximum Gasteiger partial charge on any atom is 0.352 e. The van der Waals surface area contributed by atoms with Crippen molar-refractivity contribution < 1.29 is 19.4 Å². The molecule has 1 fully saturated rings. The summed E-state index contributed by atoms with van der Waals surface area (Å²) in [5, 5.41) is 12.3. The Morgan fingerprint density at radius 3 is 2.56 bits per heavy atom. The van der Waals surface area contributed by atoms with E-state index in [4.69, 9.17) is 4.74 Å². The number of hydrogen-bond donors (Lipinski definition) is 2. The molecule has 2 aliphatic rings. The molecule has 2 atom stereocenters. The lowest BCUT2D eigenvalue weighted by atomic mass is 9.79. The predicted molar refractivity (Wildman–Crippen MR) is 143 cm³/mol. The lowest BCUT2D eigenvalue weighted by Crippen LogP contribution is -2.29. The zero-order chi connectivity index (χ0) is 25.1. The molecule has 0 bridgehead atoms. The summed E-state index contributed by atoms with van der Waals surface area (Å²) in [5.74, 6) is 0.174. The van der Waals surface area contributed by atoms with Crippen LogP contribution in [-0.2, 0) is 21.4 Å². The molecule has 6 heteroatoms. The largest absolute Gasteiger partial charge is 0.477 e. The number of nitrogens with one attached hydrogen (secondary N) is 1. The van der Waals surface area contributed by atoms with Crippen molar-refractivity contribution in [1.82, 2.24) is 5.32 Å². The van der Waals surface area contributed by atoms with Gasteiger partial charge < -0.3 is 15.2 Å². The highest BCUT2D eigenvalue weighted by Crippen LogP contribution is 2.52. The van der Waals surface area contributed by atoms with E-state index in [0.717, 1.165) is 36.6 Å². The van der Waals surface area contributed by atoms with Crippen molar-refractivity contribution >= 4 is 33.9 Å². The Bertz CT molecular complexity index is 1320. The normalized spacial score (nSPS) is 20.8. The van der Waals surface area contributed by atoms with Crippen LogP contribution < -0.4 is 10.1 Å². The van der Waals surface area contributed by atoms with Crippen LogP contribution in [0.5, 0.6) is 11.5 Å². The van der Waals surface area contributed by atoms with Gasteiger partial charge in [-0.2, -0.15) is 0 Å². The fourth-order valence-corrected chi connectivity index (χ4v) is 6.08. The molecule has 2 unspecified atom stereocenters. The number of benzene rings is 3. The van der Waals surface area contributed by atoms with Crippen LogP contribution in [0.25, 0.3) is 6.08 Å². The van der Waals surface area contributed by atoms with Crippen LogP contribution in [0, 0.1) is 5.92 Å². The second-order valence-corrected chi connectivity index (χ2v) is 10.6. The molecular weight excluding hydrogens is 518 g/mol. The first-order valence-electron chi connectivity index (χ1n) is 12.3. The summed E-state index contributed by atoms with van der Waals surface area (Å²) in [5.41, 5.74) is 3.61. The molecular formula is C30H28BrNO4. The van der Waals surface area contributed by atoms with E-state index >= 15 is 0 Å². The SMILES string of the molecule is O=C(CC1CCC2(CCc3ccccc32)C1)N/C(=C/c1ccc(Oc2ccccc2Br)cc1)C(=O)O. The van der Waals surface area contributed by atoms with Gasteiger partial charge in [-0.05, 0) is 106 Å². The second kappa shape index (κ2) is 10.3. The third-order valence-electron chi connectivity index (χ3n) is 7.41. The smallest absolute Gasteiger partial charge is 0.352 e. The number of hydrogen-bond acceptors (Lipinski definition) is 3. The van der Waals surface area contributed by atoms with Crippen molar-refractivity contribution in [2.45, 2.75) is 43.9 Å². The van der Waals surface area contributed by atoms with Crippen molar-refractivity contribution in [3.8, 4) is 11.5 Å². The van der Waals surface area contributed by atoms with E-state index in [1.54, 1.807) is 24.3 Å². The highest BCUT2D eigenvalue weighted by atomic mass is 79.9. The van der Waals surface area contributed by atoms with Crippen molar-refractivity contribution in [1.29, 1.82) is 0 Å². The molecule has 0 heterocycles. The van der Waals surface area contributed by atoms with E-state index in [0.29, 0.717) is 23.5 Å². The second-order valence-electron chi connectivity index (χ2n) is 9.76. The highest BCUT2D eigenvalue weighted by Gasteiger charge is 2.44. The minimum absolute atomic E-state index is 0.126. The number of aliphatic carboxylic acids is 1. The van der Waals surface area contributed by atoms with Gasteiger partial charge >= 0.3 is 5.97 Å². The van der Waals surface area contributed by atoms with Gasteiger partial charge in [0.05, 0.1) is 4.47 Å². The number of carbonyl (C=O) groups is 2. The first kappa shape index (κ1) is 24.3. The van der Waals surface area contributed by atoms with Crippen LogP contribution in [0.3, 0.4) is 0 Å². The van der Waals surface area contributed by atoms with E-state index in [-0.39, 0.29) is 22.9 Å². The first-order chi connectivity index (χ1) is 17.4. The number of halogens is 1. The molecule has 184 valence electrons. The number of rotatable bonds is 7. The molecule has 0 saturated heterocycles. The van der Waals surface area contributed by atoms with Crippen LogP contribution in [0.2, 0.25) is 0 Å². The van der Waals surface area contributed by atoms with Crippen LogP contribution in [0.4, 0.5) is 0 Å². The molecule has 1 spiro atoms. The third-order valence-corrected chi connectivity index (χ3v) is 8.06. The number of ether oxygens (including phenoxy) is 1. The minimum atomic E-state index is -1.16. The van der Waals surface area contributed by atoms with Crippen molar-refractivity contribution in [3.05, 3.63) is 99.7 Å². The number of carboxylic acid groups (broad SMARTS) is 1. The minimum Gasteiger partial charge on any atom is -0.477 e. The zero-order valence-corrected chi connectivity index (χ0v) is 21.5.